The number of rotatable bonds is 10. The molecule has 0 bridgehead atoms. The molecule has 42 heavy (non-hydrogen) atoms. The lowest BCUT2D eigenvalue weighted by Gasteiger charge is -2.29. The molecular weight excluding hydrogens is 589 g/mol. The summed E-state index contributed by atoms with van der Waals surface area (Å²) in [4.78, 5) is 42.4. The quantitative estimate of drug-likeness (QED) is 0.126. The Hall–Kier alpha value is -3.32. The van der Waals surface area contributed by atoms with E-state index in [1.807, 2.05) is 36.4 Å². The summed E-state index contributed by atoms with van der Waals surface area (Å²) in [5, 5.41) is 7.10. The van der Waals surface area contributed by atoms with Gasteiger partial charge in [0.05, 0.1) is 28.8 Å². The van der Waals surface area contributed by atoms with Gasteiger partial charge < -0.3 is 19.9 Å². The number of urea groups is 1. The minimum absolute atomic E-state index is 0.00151. The molecule has 1 aliphatic carbocycles. The third-order valence-corrected chi connectivity index (χ3v) is 10.5. The lowest BCUT2D eigenvalue weighted by molar-refractivity contribution is 0.0923. The van der Waals surface area contributed by atoms with Gasteiger partial charge in [0.1, 0.15) is 0 Å². The molecule has 1 saturated carbocycles. The van der Waals surface area contributed by atoms with Crippen molar-refractivity contribution < 1.29 is 14.3 Å². The van der Waals surface area contributed by atoms with Crippen LogP contribution < -0.4 is 15.5 Å². The van der Waals surface area contributed by atoms with Gasteiger partial charge >= 0.3 is 6.03 Å². The fraction of sp³-hybridized carbons (Fsp3) is 0.333. The van der Waals surface area contributed by atoms with Gasteiger partial charge in [-0.2, -0.15) is 0 Å². The number of hydrogen-bond acceptors (Lipinski definition) is 9. The molecule has 0 unspecified atom stereocenters. The third kappa shape index (κ3) is 7.17. The lowest BCUT2D eigenvalue weighted by atomic mass is 9.94. The van der Waals surface area contributed by atoms with Crippen LogP contribution in [-0.4, -0.2) is 53.1 Å². The van der Waals surface area contributed by atoms with E-state index in [1.54, 1.807) is 24.2 Å². The first-order valence-corrected chi connectivity index (χ1v) is 16.7. The molecule has 1 aliphatic heterocycles. The average Bonchev–Trinajstić information content (AvgIpc) is 3.81. The number of morpholine rings is 1. The van der Waals surface area contributed by atoms with Crippen LogP contribution in [0.3, 0.4) is 0 Å². The number of ether oxygens (including phenoxy) is 1. The van der Waals surface area contributed by atoms with Gasteiger partial charge in [0.2, 0.25) is 0 Å². The number of amides is 2. The van der Waals surface area contributed by atoms with Crippen LogP contribution in [0.5, 0.6) is 0 Å². The summed E-state index contributed by atoms with van der Waals surface area (Å²) in [7, 11) is 0. The Bertz CT molecular complexity index is 1500. The summed E-state index contributed by atoms with van der Waals surface area (Å²) in [6.45, 7) is 2.87. The highest BCUT2D eigenvalue weighted by atomic mass is 32.2. The third-order valence-electron chi connectivity index (χ3n) is 7.28. The number of thiazole rings is 1. The second-order valence-corrected chi connectivity index (χ2v) is 13.4. The van der Waals surface area contributed by atoms with E-state index in [0.717, 1.165) is 64.4 Å². The van der Waals surface area contributed by atoms with Crippen molar-refractivity contribution in [1.29, 1.82) is 0 Å². The topological polar surface area (TPSA) is 112 Å². The molecule has 12 heteroatoms. The van der Waals surface area contributed by atoms with Gasteiger partial charge in [0.15, 0.2) is 16.1 Å². The van der Waals surface area contributed by atoms with Crippen LogP contribution in [0.15, 0.2) is 75.2 Å². The van der Waals surface area contributed by atoms with Gasteiger partial charge in [-0.15, -0.1) is 11.8 Å². The summed E-state index contributed by atoms with van der Waals surface area (Å²) >= 11 is 4.58. The van der Waals surface area contributed by atoms with Crippen LogP contribution in [0.25, 0.3) is 0 Å². The van der Waals surface area contributed by atoms with E-state index in [9.17, 15) is 9.59 Å². The van der Waals surface area contributed by atoms with E-state index >= 15 is 0 Å². The van der Waals surface area contributed by atoms with Crippen LogP contribution in [0.4, 0.5) is 21.3 Å². The van der Waals surface area contributed by atoms with Gasteiger partial charge in [-0.1, -0.05) is 42.4 Å². The maximum atomic E-state index is 13.6. The van der Waals surface area contributed by atoms with Crippen molar-refractivity contribution in [2.75, 3.05) is 41.8 Å². The number of anilines is 3. The first-order valence-electron chi connectivity index (χ1n) is 14.1. The molecule has 2 fully saturated rings. The second-order valence-electron chi connectivity index (χ2n) is 10.1. The summed E-state index contributed by atoms with van der Waals surface area (Å²) < 4.78 is 6.46. The Labute approximate surface area is 257 Å². The molecule has 2 aliphatic rings. The minimum Gasteiger partial charge on any atom is -0.378 e. The van der Waals surface area contributed by atoms with Gasteiger partial charge in [-0.25, -0.2) is 14.8 Å². The molecule has 6 rings (SSSR count). The average molecular weight is 621 g/mol. The van der Waals surface area contributed by atoms with E-state index in [1.165, 1.54) is 23.1 Å². The van der Waals surface area contributed by atoms with Crippen molar-refractivity contribution >= 4 is 63.2 Å². The molecule has 1 saturated heterocycles. The monoisotopic (exact) mass is 620 g/mol. The Morgan fingerprint density at radius 1 is 1.07 bits per heavy atom. The highest BCUT2D eigenvalue weighted by Crippen LogP contribution is 2.39. The van der Waals surface area contributed by atoms with E-state index in [2.05, 4.69) is 37.6 Å². The number of carbonyl (C=O) groups is 2. The SMILES string of the molecule is O=C(Nc1nc(CSc2ccccc2)c(Sc2ncc[nH]2)s1)Nc1ccc(N2CCOCC2)cc1C(=O)C1CCCC1. The summed E-state index contributed by atoms with van der Waals surface area (Å²) in [5.41, 5.74) is 2.93. The number of aromatic amines is 1. The van der Waals surface area contributed by atoms with Crippen molar-refractivity contribution in [1.82, 2.24) is 15.0 Å². The Balaban J connectivity index is 1.20. The highest BCUT2D eigenvalue weighted by molar-refractivity contribution is 8.01. The molecule has 9 nitrogen and oxygen atoms in total. The van der Waals surface area contributed by atoms with Crippen LogP contribution >= 0.6 is 34.9 Å². The molecule has 2 aromatic heterocycles. The highest BCUT2D eigenvalue weighted by Gasteiger charge is 2.27. The zero-order chi connectivity index (χ0) is 28.7. The lowest BCUT2D eigenvalue weighted by Crippen LogP contribution is -2.36. The summed E-state index contributed by atoms with van der Waals surface area (Å²) in [6, 6.07) is 15.5. The Morgan fingerprint density at radius 2 is 1.88 bits per heavy atom. The summed E-state index contributed by atoms with van der Waals surface area (Å²) in [5.74, 6) is 0.749. The van der Waals surface area contributed by atoms with Crippen molar-refractivity contribution in [3.63, 3.8) is 0 Å². The number of Topliss-reactive ketones (excluding diaryl/α,β-unsaturated/α-hetero) is 1. The molecule has 2 aromatic carbocycles. The maximum Gasteiger partial charge on any atom is 0.325 e. The Kier molecular flexibility index (Phi) is 9.44. The standard InChI is InChI=1S/C30H32N6O3S3/c37-26(20-6-4-5-7-20)23-18-21(36-14-16-39-17-15-36)10-11-24(23)33-28(38)35-30-34-25(19-40-22-8-2-1-3-9-22)27(42-30)41-29-31-12-13-32-29/h1-3,8-13,18,20H,4-7,14-17,19H2,(H,31,32)(H2,33,34,35,38). The van der Waals surface area contributed by atoms with Crippen LogP contribution in [0, 0.1) is 5.92 Å². The van der Waals surface area contributed by atoms with Gasteiger partial charge in [0.25, 0.3) is 0 Å². The number of benzene rings is 2. The van der Waals surface area contributed by atoms with E-state index in [-0.39, 0.29) is 11.7 Å². The Morgan fingerprint density at radius 3 is 2.64 bits per heavy atom. The largest absolute Gasteiger partial charge is 0.378 e. The molecule has 0 spiro atoms. The zero-order valence-electron chi connectivity index (χ0n) is 23.0. The van der Waals surface area contributed by atoms with Gasteiger partial charge in [0, 0.05) is 53.3 Å². The van der Waals surface area contributed by atoms with Crippen molar-refractivity contribution in [2.45, 2.75) is 45.7 Å². The number of ketones is 1. The molecule has 3 heterocycles. The number of carbonyl (C=O) groups excluding carboxylic acids is 2. The molecule has 3 N–H and O–H groups in total. The number of H-pyrrole nitrogens is 1. The number of hydrogen-bond donors (Lipinski definition) is 3. The van der Waals surface area contributed by atoms with Crippen molar-refractivity contribution in [2.24, 2.45) is 5.92 Å². The minimum atomic E-state index is -0.430. The fourth-order valence-corrected chi connectivity index (χ4v) is 8.19. The fourth-order valence-electron chi connectivity index (χ4n) is 5.15. The second kappa shape index (κ2) is 13.8. The van der Waals surface area contributed by atoms with E-state index < -0.39 is 6.03 Å². The zero-order valence-corrected chi connectivity index (χ0v) is 25.5. The molecule has 0 radical (unpaired) electrons. The van der Waals surface area contributed by atoms with Crippen LogP contribution in [0.1, 0.15) is 41.7 Å². The predicted molar refractivity (Wildman–Crippen MR) is 169 cm³/mol. The smallest absolute Gasteiger partial charge is 0.325 e. The molecule has 0 atom stereocenters. The molecule has 2 amide bonds. The molecular formula is C30H32N6O3S3. The van der Waals surface area contributed by atoms with Crippen LogP contribution in [0.2, 0.25) is 0 Å². The van der Waals surface area contributed by atoms with Gasteiger partial charge in [-0.3, -0.25) is 10.1 Å². The molecule has 4 aromatic rings. The predicted octanol–water partition coefficient (Wildman–Crippen LogP) is 7.16. The summed E-state index contributed by atoms with van der Waals surface area (Å²) in [6.07, 6.45) is 7.41. The number of aromatic nitrogens is 3. The normalized spacial score (nSPS) is 15.6. The van der Waals surface area contributed by atoms with E-state index in [4.69, 9.17) is 9.72 Å². The number of nitrogens with zero attached hydrogens (tertiary/aromatic N) is 3. The van der Waals surface area contributed by atoms with Gasteiger partial charge in [-0.05, 0) is 54.9 Å². The molecule has 218 valence electrons. The van der Waals surface area contributed by atoms with Crippen molar-refractivity contribution in [3.8, 4) is 0 Å². The van der Waals surface area contributed by atoms with E-state index in [0.29, 0.717) is 35.3 Å². The van der Waals surface area contributed by atoms with Crippen LogP contribution in [-0.2, 0) is 10.5 Å². The number of thioether (sulfide) groups is 1. The first kappa shape index (κ1) is 28.8. The number of nitrogens with one attached hydrogen (secondary N) is 3. The maximum absolute atomic E-state index is 13.6. The first-order chi connectivity index (χ1) is 20.6. The number of imidazole rings is 1. The van der Waals surface area contributed by atoms with Crippen molar-refractivity contribution in [3.05, 3.63) is 72.2 Å².